The van der Waals surface area contributed by atoms with E-state index in [9.17, 15) is 18.3 Å². The van der Waals surface area contributed by atoms with Gasteiger partial charge < -0.3 is 15.2 Å². The van der Waals surface area contributed by atoms with E-state index in [1.165, 1.54) is 30.6 Å². The summed E-state index contributed by atoms with van der Waals surface area (Å²) in [6.07, 6.45) is -0.0856. The summed E-state index contributed by atoms with van der Waals surface area (Å²) in [5, 5.41) is 18.0. The number of nitrogens with one attached hydrogen (secondary N) is 1. The predicted molar refractivity (Wildman–Crippen MR) is 116 cm³/mol. The number of ether oxygens (including phenoxy) is 1. The van der Waals surface area contributed by atoms with Crippen molar-refractivity contribution in [1.29, 1.82) is 0 Å². The van der Waals surface area contributed by atoms with Gasteiger partial charge in [-0.05, 0) is 53.4 Å². The van der Waals surface area contributed by atoms with Gasteiger partial charge in [0.05, 0.1) is 12.0 Å². The zero-order valence-corrected chi connectivity index (χ0v) is 17.9. The molecule has 2 heterocycles. The van der Waals surface area contributed by atoms with Gasteiger partial charge in [0.25, 0.3) is 0 Å². The van der Waals surface area contributed by atoms with Crippen molar-refractivity contribution in [3.05, 3.63) is 58.5 Å². The van der Waals surface area contributed by atoms with E-state index in [-0.39, 0.29) is 4.90 Å². The van der Waals surface area contributed by atoms with Crippen LogP contribution < -0.4 is 10.5 Å². The van der Waals surface area contributed by atoms with Crippen LogP contribution in [-0.4, -0.2) is 32.8 Å². The number of methoxy groups -OCH3 is 1. The van der Waals surface area contributed by atoms with Gasteiger partial charge in [-0.15, -0.1) is 11.3 Å². The number of aliphatic hydroxyl groups is 1. The lowest BCUT2D eigenvalue weighted by molar-refractivity contribution is 0.0607. The van der Waals surface area contributed by atoms with E-state index in [1.54, 1.807) is 12.1 Å². The lowest BCUT2D eigenvalue weighted by Gasteiger charge is -2.07. The van der Waals surface area contributed by atoms with Crippen LogP contribution in [0.4, 0.5) is 5.69 Å². The van der Waals surface area contributed by atoms with Crippen molar-refractivity contribution in [2.24, 2.45) is 5.14 Å². The number of benzene rings is 2. The molecule has 0 saturated heterocycles. The van der Waals surface area contributed by atoms with Gasteiger partial charge in [0.15, 0.2) is 0 Å². The van der Waals surface area contributed by atoms with E-state index in [1.807, 2.05) is 25.1 Å². The molecule has 7 nitrogen and oxygen atoms in total. The average molecular weight is 445 g/mol. The van der Waals surface area contributed by atoms with Gasteiger partial charge in [0, 0.05) is 22.5 Å². The molecule has 1 unspecified atom stereocenters. The maximum Gasteiger partial charge on any atom is 0.348 e. The first-order valence-electron chi connectivity index (χ1n) is 9.12. The highest BCUT2D eigenvalue weighted by atomic mass is 32.2. The molecule has 0 saturated carbocycles. The topological polar surface area (TPSA) is 119 Å². The van der Waals surface area contributed by atoms with Gasteiger partial charge in [-0.1, -0.05) is 18.2 Å². The van der Waals surface area contributed by atoms with Crippen molar-refractivity contribution in [3.8, 4) is 21.6 Å². The molecule has 3 aromatic rings. The quantitative estimate of drug-likeness (QED) is 0.532. The number of aliphatic hydroxyl groups excluding tert-OH is 1. The molecule has 1 aromatic heterocycles. The maximum atomic E-state index is 12.5. The Labute approximate surface area is 178 Å². The molecule has 1 aliphatic heterocycles. The van der Waals surface area contributed by atoms with Crippen LogP contribution in [0, 0.1) is 6.92 Å². The SMILES string of the molecule is COC(=O)c1sc(-c2ccc3c(c2)CC(O)N3)c(C)c1-c1ccc(S(N)(=O)=O)cc1. The Morgan fingerprint density at radius 2 is 1.87 bits per heavy atom. The summed E-state index contributed by atoms with van der Waals surface area (Å²) in [6, 6.07) is 12.0. The summed E-state index contributed by atoms with van der Waals surface area (Å²) < 4.78 is 28.1. The molecule has 0 amide bonds. The Morgan fingerprint density at radius 1 is 1.20 bits per heavy atom. The fraction of sp³-hybridized carbons (Fsp3) is 0.190. The molecule has 4 rings (SSSR count). The minimum absolute atomic E-state index is 0.00338. The number of fused-ring (bicyclic) bond motifs is 1. The molecule has 30 heavy (non-hydrogen) atoms. The van der Waals surface area contributed by atoms with Crippen LogP contribution in [0.5, 0.6) is 0 Å². The molecule has 1 aliphatic rings. The van der Waals surface area contributed by atoms with Crippen molar-refractivity contribution in [3.63, 3.8) is 0 Å². The molecule has 9 heteroatoms. The number of carbonyl (C=O) groups is 1. The van der Waals surface area contributed by atoms with Gasteiger partial charge in [0.1, 0.15) is 11.1 Å². The number of primary sulfonamides is 1. The van der Waals surface area contributed by atoms with Crippen LogP contribution in [0.3, 0.4) is 0 Å². The maximum absolute atomic E-state index is 12.5. The number of rotatable bonds is 4. The second-order valence-corrected chi connectivity index (χ2v) is 9.64. The Balaban J connectivity index is 1.85. The lowest BCUT2D eigenvalue weighted by atomic mass is 9.98. The van der Waals surface area contributed by atoms with Gasteiger partial charge >= 0.3 is 5.97 Å². The summed E-state index contributed by atoms with van der Waals surface area (Å²) >= 11 is 1.32. The second-order valence-electron chi connectivity index (χ2n) is 7.06. The summed E-state index contributed by atoms with van der Waals surface area (Å²) in [5.74, 6) is -0.460. The first-order valence-corrected chi connectivity index (χ1v) is 11.5. The van der Waals surface area contributed by atoms with Crippen molar-refractivity contribution >= 4 is 33.0 Å². The molecule has 4 N–H and O–H groups in total. The molecular formula is C21H20N2O5S2. The smallest absolute Gasteiger partial charge is 0.348 e. The Hall–Kier alpha value is -2.72. The van der Waals surface area contributed by atoms with Crippen LogP contribution in [0.15, 0.2) is 47.4 Å². The van der Waals surface area contributed by atoms with E-state index in [0.29, 0.717) is 22.4 Å². The third kappa shape index (κ3) is 3.61. The second kappa shape index (κ2) is 7.51. The van der Waals surface area contributed by atoms with Crippen LogP contribution >= 0.6 is 11.3 Å². The molecule has 0 bridgehead atoms. The van der Waals surface area contributed by atoms with Crippen molar-refractivity contribution in [2.45, 2.75) is 24.5 Å². The number of carbonyl (C=O) groups excluding carboxylic acids is 1. The minimum Gasteiger partial charge on any atom is -0.465 e. The molecule has 0 radical (unpaired) electrons. The summed E-state index contributed by atoms with van der Waals surface area (Å²) in [4.78, 5) is 13.8. The average Bonchev–Trinajstić information content (AvgIpc) is 3.25. The third-order valence-electron chi connectivity index (χ3n) is 5.09. The Morgan fingerprint density at radius 3 is 2.50 bits per heavy atom. The first kappa shape index (κ1) is 20.5. The van der Waals surface area contributed by atoms with Gasteiger partial charge in [-0.2, -0.15) is 0 Å². The molecule has 156 valence electrons. The molecule has 2 aromatic carbocycles. The van der Waals surface area contributed by atoms with Gasteiger partial charge in [-0.3, -0.25) is 0 Å². The van der Waals surface area contributed by atoms with E-state index in [4.69, 9.17) is 9.88 Å². The number of thiophene rings is 1. The lowest BCUT2D eigenvalue weighted by Crippen LogP contribution is -2.12. The standard InChI is InChI=1S/C21H20N2O5S2/c1-11-18(12-3-6-15(7-4-12)30(22,26)27)20(21(25)28-2)29-19(11)13-5-8-16-14(9-13)10-17(24)23-16/h3-9,17,23-24H,10H2,1-2H3,(H2,22,26,27). The van der Waals surface area contributed by atoms with Crippen LogP contribution in [0.1, 0.15) is 20.8 Å². The number of sulfonamides is 1. The highest BCUT2D eigenvalue weighted by Crippen LogP contribution is 2.43. The van der Waals surface area contributed by atoms with Crippen molar-refractivity contribution in [2.75, 3.05) is 12.4 Å². The number of anilines is 1. The number of hydrogen-bond acceptors (Lipinski definition) is 7. The highest BCUT2D eigenvalue weighted by molar-refractivity contribution is 7.89. The summed E-state index contributed by atoms with van der Waals surface area (Å²) in [5.41, 5.74) is 5.11. The Kier molecular flexibility index (Phi) is 5.15. The zero-order valence-electron chi connectivity index (χ0n) is 16.3. The van der Waals surface area contributed by atoms with Gasteiger partial charge in [-0.25, -0.2) is 18.4 Å². The van der Waals surface area contributed by atoms with Crippen molar-refractivity contribution < 1.29 is 23.1 Å². The summed E-state index contributed by atoms with van der Waals surface area (Å²) in [6.45, 7) is 1.92. The minimum atomic E-state index is -3.81. The normalized spacial score (nSPS) is 15.5. The number of nitrogens with two attached hydrogens (primary N) is 1. The molecule has 0 aliphatic carbocycles. The Bertz CT molecular complexity index is 1250. The molecule has 0 fully saturated rings. The van der Waals surface area contributed by atoms with Gasteiger partial charge in [0.2, 0.25) is 10.0 Å². The number of esters is 1. The number of hydrogen-bond donors (Lipinski definition) is 3. The van der Waals surface area contributed by atoms with E-state index >= 15 is 0 Å². The van der Waals surface area contributed by atoms with Crippen LogP contribution in [0.25, 0.3) is 21.6 Å². The molecular weight excluding hydrogens is 424 g/mol. The van der Waals surface area contributed by atoms with Crippen LogP contribution in [-0.2, 0) is 21.2 Å². The van der Waals surface area contributed by atoms with E-state index in [0.717, 1.165) is 27.3 Å². The zero-order chi connectivity index (χ0) is 21.6. The first-order chi connectivity index (χ1) is 14.2. The largest absolute Gasteiger partial charge is 0.465 e. The fourth-order valence-corrected chi connectivity index (χ4v) is 5.43. The third-order valence-corrected chi connectivity index (χ3v) is 7.34. The predicted octanol–water partition coefficient (Wildman–Crippen LogP) is 3.11. The monoisotopic (exact) mass is 444 g/mol. The van der Waals surface area contributed by atoms with E-state index < -0.39 is 22.2 Å². The fourth-order valence-electron chi connectivity index (χ4n) is 3.67. The van der Waals surface area contributed by atoms with Crippen LogP contribution in [0.2, 0.25) is 0 Å². The molecule has 1 atom stereocenters. The van der Waals surface area contributed by atoms with Crippen molar-refractivity contribution in [1.82, 2.24) is 0 Å². The summed E-state index contributed by atoms with van der Waals surface area (Å²) in [7, 11) is -2.48. The molecule has 0 spiro atoms. The highest BCUT2D eigenvalue weighted by Gasteiger charge is 2.25. The van der Waals surface area contributed by atoms with E-state index in [2.05, 4.69) is 5.32 Å².